The van der Waals surface area contributed by atoms with E-state index in [4.69, 9.17) is 16.3 Å². The number of aliphatic hydroxyl groups is 1. The van der Waals surface area contributed by atoms with E-state index in [1.807, 2.05) is 39.0 Å². The van der Waals surface area contributed by atoms with Crippen LogP contribution in [-0.2, 0) is 9.59 Å². The second kappa shape index (κ2) is 9.08. The third-order valence-electron chi connectivity index (χ3n) is 5.56. The summed E-state index contributed by atoms with van der Waals surface area (Å²) in [4.78, 5) is 32.1. The molecule has 0 spiro atoms. The number of pyridine rings is 1. The molecule has 1 unspecified atom stereocenters. The Bertz CT molecular complexity index is 1270. The SMILES string of the molecule is CCOc1cc(/C(O)=C2\C(=O)C(=O)N(c3ccc(C)cc3C)C2c2cccnc2)ccc1Cl. The molecule has 1 saturated heterocycles. The zero-order chi connectivity index (χ0) is 23.7. The molecule has 6 nitrogen and oxygen atoms in total. The van der Waals surface area contributed by atoms with Crippen molar-refractivity contribution < 1.29 is 19.4 Å². The predicted octanol–water partition coefficient (Wildman–Crippen LogP) is 5.38. The van der Waals surface area contributed by atoms with Gasteiger partial charge in [0, 0.05) is 23.6 Å². The first-order valence-electron chi connectivity index (χ1n) is 10.5. The third-order valence-corrected chi connectivity index (χ3v) is 5.87. The molecule has 1 fully saturated rings. The van der Waals surface area contributed by atoms with E-state index >= 15 is 0 Å². The molecule has 1 atom stereocenters. The van der Waals surface area contributed by atoms with Gasteiger partial charge in [0.25, 0.3) is 11.7 Å². The minimum Gasteiger partial charge on any atom is -0.507 e. The van der Waals surface area contributed by atoms with E-state index in [-0.39, 0.29) is 11.3 Å². The van der Waals surface area contributed by atoms with Crippen LogP contribution < -0.4 is 9.64 Å². The lowest BCUT2D eigenvalue weighted by molar-refractivity contribution is -0.132. The molecular weight excluding hydrogens is 440 g/mol. The molecule has 1 aliphatic rings. The fraction of sp³-hybridized carbons (Fsp3) is 0.192. The fourth-order valence-electron chi connectivity index (χ4n) is 4.08. The number of carbonyl (C=O) groups excluding carboxylic acids is 2. The molecule has 1 aliphatic heterocycles. The highest BCUT2D eigenvalue weighted by atomic mass is 35.5. The van der Waals surface area contributed by atoms with Gasteiger partial charge in [-0.1, -0.05) is 35.4 Å². The van der Waals surface area contributed by atoms with Crippen LogP contribution in [0.5, 0.6) is 5.75 Å². The number of nitrogens with zero attached hydrogens (tertiary/aromatic N) is 2. The number of ketones is 1. The van der Waals surface area contributed by atoms with Crippen molar-refractivity contribution in [3.63, 3.8) is 0 Å². The number of Topliss-reactive ketones (excluding diaryl/α,β-unsaturated/α-hetero) is 1. The van der Waals surface area contributed by atoms with Gasteiger partial charge >= 0.3 is 0 Å². The number of hydrogen-bond donors (Lipinski definition) is 1. The van der Waals surface area contributed by atoms with Crippen LogP contribution in [0.3, 0.4) is 0 Å². The number of carbonyl (C=O) groups is 2. The second-order valence-corrected chi connectivity index (χ2v) is 8.23. The summed E-state index contributed by atoms with van der Waals surface area (Å²) in [6.07, 6.45) is 3.20. The van der Waals surface area contributed by atoms with E-state index in [2.05, 4.69) is 4.98 Å². The molecule has 0 saturated carbocycles. The average Bonchev–Trinajstić information content (AvgIpc) is 3.06. The first-order valence-corrected chi connectivity index (χ1v) is 10.9. The van der Waals surface area contributed by atoms with Crippen LogP contribution in [0.1, 0.15) is 35.2 Å². The summed E-state index contributed by atoms with van der Waals surface area (Å²) in [5, 5.41) is 11.6. The Hall–Kier alpha value is -3.64. The van der Waals surface area contributed by atoms with Crippen LogP contribution in [0.25, 0.3) is 5.76 Å². The Morgan fingerprint density at radius 2 is 1.94 bits per heavy atom. The number of aliphatic hydroxyl groups excluding tert-OH is 1. The molecule has 7 heteroatoms. The lowest BCUT2D eigenvalue weighted by Crippen LogP contribution is -2.30. The minimum absolute atomic E-state index is 0.0160. The molecule has 0 aliphatic carbocycles. The molecule has 168 valence electrons. The number of hydrogen-bond acceptors (Lipinski definition) is 5. The van der Waals surface area contributed by atoms with Crippen molar-refractivity contribution in [3.8, 4) is 5.75 Å². The van der Waals surface area contributed by atoms with Crippen LogP contribution in [0.2, 0.25) is 5.02 Å². The standard InChI is InChI=1S/C26H23ClN2O4/c1-4-33-21-13-17(8-9-19(21)27)24(30)22-23(18-6-5-11-28-14-18)29(26(32)25(22)31)20-10-7-15(2)12-16(20)3/h5-14,23,30H,4H2,1-3H3/b24-22+. The molecule has 33 heavy (non-hydrogen) atoms. The van der Waals surface area contributed by atoms with Crippen molar-refractivity contribution in [1.29, 1.82) is 0 Å². The van der Waals surface area contributed by atoms with Crippen molar-refractivity contribution >= 4 is 34.7 Å². The summed E-state index contributed by atoms with van der Waals surface area (Å²) in [6.45, 7) is 6.05. The van der Waals surface area contributed by atoms with E-state index in [9.17, 15) is 14.7 Å². The summed E-state index contributed by atoms with van der Waals surface area (Å²) in [6, 6.07) is 13.0. The van der Waals surface area contributed by atoms with Crippen LogP contribution >= 0.6 is 11.6 Å². The summed E-state index contributed by atoms with van der Waals surface area (Å²) in [5.41, 5.74) is 3.40. The fourth-order valence-corrected chi connectivity index (χ4v) is 4.25. The van der Waals surface area contributed by atoms with Crippen molar-refractivity contribution in [1.82, 2.24) is 4.98 Å². The molecule has 2 aromatic carbocycles. The maximum absolute atomic E-state index is 13.3. The number of aryl methyl sites for hydroxylation is 2. The molecular formula is C26H23ClN2O4. The molecule has 0 radical (unpaired) electrons. The number of aromatic nitrogens is 1. The Balaban J connectivity index is 1.94. The van der Waals surface area contributed by atoms with Gasteiger partial charge in [-0.3, -0.25) is 19.5 Å². The van der Waals surface area contributed by atoms with Gasteiger partial charge in [0.1, 0.15) is 11.5 Å². The van der Waals surface area contributed by atoms with Crippen molar-refractivity contribution in [2.75, 3.05) is 11.5 Å². The van der Waals surface area contributed by atoms with Crippen LogP contribution in [0, 0.1) is 13.8 Å². The molecule has 3 aromatic rings. The van der Waals surface area contributed by atoms with E-state index < -0.39 is 17.7 Å². The molecule has 1 amide bonds. The van der Waals surface area contributed by atoms with Gasteiger partial charge in [0.15, 0.2) is 0 Å². The van der Waals surface area contributed by atoms with E-state index in [0.717, 1.165) is 11.1 Å². The molecule has 0 bridgehead atoms. The third kappa shape index (κ3) is 4.10. The van der Waals surface area contributed by atoms with E-state index in [0.29, 0.717) is 34.2 Å². The lowest BCUT2D eigenvalue weighted by Gasteiger charge is -2.26. The Labute approximate surface area is 197 Å². The summed E-state index contributed by atoms with van der Waals surface area (Å²) in [7, 11) is 0. The first kappa shape index (κ1) is 22.6. The maximum atomic E-state index is 13.3. The zero-order valence-corrected chi connectivity index (χ0v) is 19.3. The Morgan fingerprint density at radius 1 is 1.15 bits per heavy atom. The lowest BCUT2D eigenvalue weighted by atomic mass is 9.95. The summed E-state index contributed by atoms with van der Waals surface area (Å²) < 4.78 is 5.53. The number of ether oxygens (including phenoxy) is 1. The van der Waals surface area contributed by atoms with E-state index in [1.165, 1.54) is 4.90 Å². The van der Waals surface area contributed by atoms with Gasteiger partial charge in [0.05, 0.1) is 23.2 Å². The molecule has 4 rings (SSSR count). The molecule has 2 heterocycles. The second-order valence-electron chi connectivity index (χ2n) is 7.82. The van der Waals surface area contributed by atoms with Gasteiger partial charge in [-0.25, -0.2) is 0 Å². The minimum atomic E-state index is -0.841. The molecule has 1 N–H and O–H groups in total. The number of halogens is 1. The van der Waals surface area contributed by atoms with Gasteiger partial charge in [-0.15, -0.1) is 0 Å². The highest BCUT2D eigenvalue weighted by molar-refractivity contribution is 6.51. The average molecular weight is 463 g/mol. The van der Waals surface area contributed by atoms with Crippen LogP contribution in [0.4, 0.5) is 5.69 Å². The highest BCUT2D eigenvalue weighted by Crippen LogP contribution is 2.43. The van der Waals surface area contributed by atoms with Gasteiger partial charge in [-0.2, -0.15) is 0 Å². The number of rotatable bonds is 5. The quantitative estimate of drug-likeness (QED) is 0.313. The van der Waals surface area contributed by atoms with Crippen molar-refractivity contribution in [2.45, 2.75) is 26.8 Å². The Kier molecular flexibility index (Phi) is 6.20. The Morgan fingerprint density at radius 3 is 2.61 bits per heavy atom. The van der Waals surface area contributed by atoms with Gasteiger partial charge < -0.3 is 9.84 Å². The molecule has 1 aromatic heterocycles. The summed E-state index contributed by atoms with van der Waals surface area (Å²) >= 11 is 6.19. The van der Waals surface area contributed by atoms with Gasteiger partial charge in [-0.05, 0) is 62.2 Å². The predicted molar refractivity (Wildman–Crippen MR) is 128 cm³/mol. The van der Waals surface area contributed by atoms with Gasteiger partial charge in [0.2, 0.25) is 0 Å². The van der Waals surface area contributed by atoms with Crippen LogP contribution in [-0.4, -0.2) is 28.4 Å². The van der Waals surface area contributed by atoms with E-state index in [1.54, 1.807) is 42.7 Å². The first-order chi connectivity index (χ1) is 15.8. The zero-order valence-electron chi connectivity index (χ0n) is 18.5. The monoisotopic (exact) mass is 462 g/mol. The smallest absolute Gasteiger partial charge is 0.300 e. The number of anilines is 1. The van der Waals surface area contributed by atoms with Crippen molar-refractivity contribution in [2.24, 2.45) is 0 Å². The topological polar surface area (TPSA) is 79.7 Å². The largest absolute Gasteiger partial charge is 0.507 e. The van der Waals surface area contributed by atoms with Crippen LogP contribution in [0.15, 0.2) is 66.5 Å². The highest BCUT2D eigenvalue weighted by Gasteiger charge is 2.47. The maximum Gasteiger partial charge on any atom is 0.300 e. The van der Waals surface area contributed by atoms with Crippen molar-refractivity contribution in [3.05, 3.63) is 93.8 Å². The normalized spacial score (nSPS) is 17.5. The number of benzene rings is 2. The number of amides is 1. The summed E-state index contributed by atoms with van der Waals surface area (Å²) in [5.74, 6) is -1.40.